The number of nitrogens with zero attached hydrogens (tertiary/aromatic N) is 2. The number of aliphatic hydroxyl groups is 1. The van der Waals surface area contributed by atoms with Crippen molar-refractivity contribution in [2.45, 2.75) is 12.1 Å². The summed E-state index contributed by atoms with van der Waals surface area (Å²) in [4.78, 5) is 27.3. The lowest BCUT2D eigenvalue weighted by molar-refractivity contribution is -0.122. The van der Waals surface area contributed by atoms with Crippen molar-refractivity contribution in [3.05, 3.63) is 24.3 Å². The standard InChI is InChI=1S/C15H18FN3O3/c16-15(10-20)5-6-18(9-15)8-14(22)19-7-13(21)17-11-3-1-2-4-12(11)19/h1-4,20H,5-10H2,(H,17,21). The third kappa shape index (κ3) is 2.82. The molecule has 0 radical (unpaired) electrons. The Morgan fingerprint density at radius 1 is 1.41 bits per heavy atom. The summed E-state index contributed by atoms with van der Waals surface area (Å²) in [5, 5.41) is 11.8. The maximum atomic E-state index is 14.0. The lowest BCUT2D eigenvalue weighted by Crippen LogP contribution is -2.46. The molecule has 1 fully saturated rings. The first-order chi connectivity index (χ1) is 10.5. The highest BCUT2D eigenvalue weighted by Gasteiger charge is 2.39. The summed E-state index contributed by atoms with van der Waals surface area (Å²) < 4.78 is 14.0. The van der Waals surface area contributed by atoms with Gasteiger partial charge in [0.25, 0.3) is 0 Å². The average molecular weight is 307 g/mol. The first-order valence-electron chi connectivity index (χ1n) is 7.22. The van der Waals surface area contributed by atoms with E-state index in [1.54, 1.807) is 29.2 Å². The van der Waals surface area contributed by atoms with Gasteiger partial charge in [-0.2, -0.15) is 0 Å². The molecule has 0 spiro atoms. The van der Waals surface area contributed by atoms with E-state index < -0.39 is 12.3 Å². The van der Waals surface area contributed by atoms with Gasteiger partial charge in [0, 0.05) is 13.1 Å². The van der Waals surface area contributed by atoms with Gasteiger partial charge in [0.2, 0.25) is 11.8 Å². The van der Waals surface area contributed by atoms with Crippen molar-refractivity contribution in [3.63, 3.8) is 0 Å². The molecule has 0 bridgehead atoms. The van der Waals surface area contributed by atoms with Crippen LogP contribution in [-0.2, 0) is 9.59 Å². The van der Waals surface area contributed by atoms with Gasteiger partial charge < -0.3 is 10.4 Å². The fourth-order valence-corrected chi connectivity index (χ4v) is 2.91. The lowest BCUT2D eigenvalue weighted by atomic mass is 10.1. The van der Waals surface area contributed by atoms with Crippen LogP contribution in [0.15, 0.2) is 24.3 Å². The topological polar surface area (TPSA) is 72.9 Å². The summed E-state index contributed by atoms with van der Waals surface area (Å²) in [6, 6.07) is 7.09. The van der Waals surface area contributed by atoms with Gasteiger partial charge in [-0.3, -0.25) is 19.4 Å². The first kappa shape index (κ1) is 14.9. The second-order valence-electron chi connectivity index (χ2n) is 5.81. The SMILES string of the molecule is O=C1CN(C(=O)CN2CCC(F)(CO)C2)c2ccccc2N1. The fourth-order valence-electron chi connectivity index (χ4n) is 2.91. The van der Waals surface area contributed by atoms with Crippen molar-refractivity contribution in [1.29, 1.82) is 0 Å². The van der Waals surface area contributed by atoms with E-state index >= 15 is 0 Å². The van der Waals surface area contributed by atoms with Gasteiger partial charge in [0.1, 0.15) is 12.2 Å². The van der Waals surface area contributed by atoms with Gasteiger partial charge in [-0.1, -0.05) is 12.1 Å². The summed E-state index contributed by atoms with van der Waals surface area (Å²) >= 11 is 0. The number of alkyl halides is 1. The number of anilines is 2. The number of para-hydroxylation sites is 2. The molecule has 0 aliphatic carbocycles. The normalized spacial score (nSPS) is 25.0. The van der Waals surface area contributed by atoms with Crippen molar-refractivity contribution < 1.29 is 19.1 Å². The molecule has 3 rings (SSSR count). The van der Waals surface area contributed by atoms with Gasteiger partial charge in [-0.25, -0.2) is 4.39 Å². The third-order valence-corrected chi connectivity index (χ3v) is 4.10. The molecule has 1 aromatic rings. The minimum absolute atomic E-state index is 0.0350. The smallest absolute Gasteiger partial charge is 0.244 e. The number of nitrogens with one attached hydrogen (secondary N) is 1. The van der Waals surface area contributed by atoms with Gasteiger partial charge in [-0.15, -0.1) is 0 Å². The van der Waals surface area contributed by atoms with Gasteiger partial charge in [-0.05, 0) is 18.6 Å². The Morgan fingerprint density at radius 2 is 2.18 bits per heavy atom. The van der Waals surface area contributed by atoms with E-state index in [1.807, 2.05) is 0 Å². The van der Waals surface area contributed by atoms with E-state index in [1.165, 1.54) is 4.90 Å². The molecule has 2 amide bonds. The maximum Gasteiger partial charge on any atom is 0.244 e. The average Bonchev–Trinajstić information content (AvgIpc) is 2.88. The Hall–Kier alpha value is -1.99. The number of hydrogen-bond donors (Lipinski definition) is 2. The number of carbonyl (C=O) groups excluding carboxylic acids is 2. The van der Waals surface area contributed by atoms with Crippen LogP contribution in [0, 0.1) is 0 Å². The molecule has 2 aliphatic heterocycles. The molecule has 2 heterocycles. The summed E-state index contributed by atoms with van der Waals surface area (Å²) in [7, 11) is 0. The second-order valence-corrected chi connectivity index (χ2v) is 5.81. The van der Waals surface area contributed by atoms with Crippen LogP contribution in [0.5, 0.6) is 0 Å². The van der Waals surface area contributed by atoms with Crippen molar-refractivity contribution in [1.82, 2.24) is 4.90 Å². The third-order valence-electron chi connectivity index (χ3n) is 4.10. The molecule has 2 N–H and O–H groups in total. The molecule has 1 unspecified atom stereocenters. The second kappa shape index (κ2) is 5.66. The summed E-state index contributed by atoms with van der Waals surface area (Å²) in [5.41, 5.74) is -0.374. The number of likely N-dealkylation sites (tertiary alicyclic amines) is 1. The number of fused-ring (bicyclic) bond motifs is 1. The quantitative estimate of drug-likeness (QED) is 0.847. The van der Waals surface area contributed by atoms with Crippen LogP contribution in [0.1, 0.15) is 6.42 Å². The van der Waals surface area contributed by atoms with E-state index in [4.69, 9.17) is 5.11 Å². The Labute approximate surface area is 127 Å². The Balaban J connectivity index is 1.72. The van der Waals surface area contributed by atoms with Crippen LogP contribution in [0.4, 0.5) is 15.8 Å². The molecular formula is C15H18FN3O3. The molecular weight excluding hydrogens is 289 g/mol. The van der Waals surface area contributed by atoms with Crippen molar-refractivity contribution in [2.75, 3.05) is 43.0 Å². The maximum absolute atomic E-state index is 14.0. The predicted molar refractivity (Wildman–Crippen MR) is 79.4 cm³/mol. The highest BCUT2D eigenvalue weighted by Crippen LogP contribution is 2.30. The van der Waals surface area contributed by atoms with Crippen LogP contribution in [0.2, 0.25) is 0 Å². The zero-order valence-corrected chi connectivity index (χ0v) is 12.1. The van der Waals surface area contributed by atoms with Crippen molar-refractivity contribution >= 4 is 23.2 Å². The van der Waals surface area contributed by atoms with Crippen molar-refractivity contribution in [3.8, 4) is 0 Å². The number of carbonyl (C=O) groups is 2. The molecule has 0 aromatic heterocycles. The number of aliphatic hydroxyl groups excluding tert-OH is 1. The molecule has 1 saturated heterocycles. The summed E-state index contributed by atoms with van der Waals surface area (Å²) in [6.07, 6.45) is 0.216. The number of halogens is 1. The highest BCUT2D eigenvalue weighted by molar-refractivity contribution is 6.10. The number of amides is 2. The predicted octanol–water partition coefficient (Wildman–Crippen LogP) is 0.378. The Morgan fingerprint density at radius 3 is 2.91 bits per heavy atom. The van der Waals surface area contributed by atoms with E-state index in [2.05, 4.69) is 5.32 Å². The van der Waals surface area contributed by atoms with Crippen molar-refractivity contribution in [2.24, 2.45) is 0 Å². The molecule has 6 nitrogen and oxygen atoms in total. The molecule has 118 valence electrons. The summed E-state index contributed by atoms with van der Waals surface area (Å²) in [5.74, 6) is -0.492. The zero-order chi connectivity index (χ0) is 15.7. The zero-order valence-electron chi connectivity index (χ0n) is 12.1. The molecule has 2 aliphatic rings. The number of benzene rings is 1. The monoisotopic (exact) mass is 307 g/mol. The molecule has 22 heavy (non-hydrogen) atoms. The Kier molecular flexibility index (Phi) is 3.84. The van der Waals surface area contributed by atoms with Gasteiger partial charge >= 0.3 is 0 Å². The van der Waals surface area contributed by atoms with E-state index in [-0.39, 0.29) is 37.9 Å². The van der Waals surface area contributed by atoms with Crippen LogP contribution in [-0.4, -0.2) is 60.3 Å². The van der Waals surface area contributed by atoms with Crippen LogP contribution in [0.25, 0.3) is 0 Å². The highest BCUT2D eigenvalue weighted by atomic mass is 19.1. The Bertz CT molecular complexity index is 609. The minimum Gasteiger partial charge on any atom is -0.393 e. The van der Waals surface area contributed by atoms with Gasteiger partial charge in [0.15, 0.2) is 0 Å². The van der Waals surface area contributed by atoms with E-state index in [0.29, 0.717) is 17.9 Å². The molecule has 7 heteroatoms. The molecule has 0 saturated carbocycles. The summed E-state index contributed by atoms with van der Waals surface area (Å²) in [6.45, 7) is -0.0776. The number of rotatable bonds is 3. The molecule has 1 aromatic carbocycles. The first-order valence-corrected chi connectivity index (χ1v) is 7.22. The van der Waals surface area contributed by atoms with Crippen LogP contribution in [0.3, 0.4) is 0 Å². The lowest BCUT2D eigenvalue weighted by Gasteiger charge is -2.30. The van der Waals surface area contributed by atoms with E-state index in [0.717, 1.165) is 0 Å². The van der Waals surface area contributed by atoms with Crippen LogP contribution < -0.4 is 10.2 Å². The minimum atomic E-state index is -1.63. The molecule has 1 atom stereocenters. The van der Waals surface area contributed by atoms with Crippen LogP contribution >= 0.6 is 0 Å². The largest absolute Gasteiger partial charge is 0.393 e. The fraction of sp³-hybridized carbons (Fsp3) is 0.467. The van der Waals surface area contributed by atoms with E-state index in [9.17, 15) is 14.0 Å². The van der Waals surface area contributed by atoms with Gasteiger partial charge in [0.05, 0.1) is 24.5 Å². The number of hydrogen-bond acceptors (Lipinski definition) is 4.